The molecule has 2 rings (SSSR count). The van der Waals surface area contributed by atoms with E-state index in [4.69, 9.17) is 4.74 Å². The van der Waals surface area contributed by atoms with E-state index in [1.807, 2.05) is 22.9 Å². The van der Waals surface area contributed by atoms with E-state index in [0.29, 0.717) is 5.94 Å². The summed E-state index contributed by atoms with van der Waals surface area (Å²) in [7, 11) is 1.73. The Hall–Kier alpha value is -0.603. The number of aromatic nitrogens is 3. The summed E-state index contributed by atoms with van der Waals surface area (Å²) >= 11 is 1.71. The van der Waals surface area contributed by atoms with E-state index in [2.05, 4.69) is 23.3 Å². The largest absolute Gasteiger partial charge is 1.00 e. The molecular formula is C16H24LiN3OS. The molecule has 6 heteroatoms. The van der Waals surface area contributed by atoms with Crippen LogP contribution in [-0.2, 0) is 4.74 Å². The molecule has 22 heavy (non-hydrogen) atoms. The van der Waals surface area contributed by atoms with Crippen molar-refractivity contribution in [2.24, 2.45) is 0 Å². The fourth-order valence-corrected chi connectivity index (χ4v) is 3.10. The van der Waals surface area contributed by atoms with Crippen molar-refractivity contribution < 1.29 is 23.6 Å². The van der Waals surface area contributed by atoms with Crippen molar-refractivity contribution in [1.82, 2.24) is 15.0 Å². The summed E-state index contributed by atoms with van der Waals surface area (Å²) in [5.41, 5.74) is 2.02. The molecule has 0 aliphatic heterocycles. The van der Waals surface area contributed by atoms with Crippen LogP contribution in [0.4, 0.5) is 0 Å². The van der Waals surface area contributed by atoms with E-state index in [1.165, 1.54) is 37.5 Å². The molecule has 1 aromatic carbocycles. The summed E-state index contributed by atoms with van der Waals surface area (Å²) < 4.78 is 7.18. The molecule has 116 valence electrons. The van der Waals surface area contributed by atoms with Crippen molar-refractivity contribution >= 4 is 22.8 Å². The van der Waals surface area contributed by atoms with Crippen molar-refractivity contribution in [3.8, 4) is 0 Å². The van der Waals surface area contributed by atoms with E-state index in [1.54, 1.807) is 18.9 Å². The Morgan fingerprint density at radius 3 is 2.73 bits per heavy atom. The van der Waals surface area contributed by atoms with Gasteiger partial charge in [0.15, 0.2) is 0 Å². The molecule has 1 heterocycles. The van der Waals surface area contributed by atoms with Crippen molar-refractivity contribution in [3.63, 3.8) is 0 Å². The maximum atomic E-state index is 5.21. The van der Waals surface area contributed by atoms with Crippen LogP contribution in [0.25, 0.3) is 11.0 Å². The average molecular weight is 313 g/mol. The Morgan fingerprint density at radius 2 is 1.95 bits per heavy atom. The van der Waals surface area contributed by atoms with Gasteiger partial charge in [-0.25, -0.2) is 0 Å². The molecule has 4 nitrogen and oxygen atoms in total. The first kappa shape index (κ1) is 19.4. The Bertz CT molecular complexity index is 535. The molecule has 0 fully saturated rings. The van der Waals surface area contributed by atoms with E-state index < -0.39 is 0 Å². The fraction of sp³-hybridized carbons (Fsp3) is 0.562. The van der Waals surface area contributed by atoms with Gasteiger partial charge in [-0.1, -0.05) is 79.8 Å². The number of hydrogen-bond donors (Lipinski definition) is 0. The number of unbranched alkanes of at least 4 members (excludes halogenated alkanes) is 4. The number of para-hydroxylation sites is 1. The molecule has 0 spiro atoms. The molecule has 0 atom stereocenters. The summed E-state index contributed by atoms with van der Waals surface area (Å²) in [6.45, 7) is 2.24. The second-order valence-electron chi connectivity index (χ2n) is 5.10. The molecule has 2 aromatic rings. The van der Waals surface area contributed by atoms with Crippen LogP contribution in [0.1, 0.15) is 45.4 Å². The van der Waals surface area contributed by atoms with E-state index >= 15 is 0 Å². The zero-order chi connectivity index (χ0) is 14.9. The first-order valence-corrected chi connectivity index (χ1v) is 8.63. The third-order valence-electron chi connectivity index (χ3n) is 3.43. The number of hydrogen-bond acceptors (Lipinski definition) is 4. The first-order valence-electron chi connectivity index (χ1n) is 7.65. The molecule has 1 aromatic heterocycles. The quantitative estimate of drug-likeness (QED) is 0.288. The SMILES string of the molecule is CCCCCCC[C-](SCOC)n1nnc2ccccc21.[Li+]. The van der Waals surface area contributed by atoms with Gasteiger partial charge in [0, 0.05) is 12.6 Å². The molecule has 0 aliphatic carbocycles. The van der Waals surface area contributed by atoms with Gasteiger partial charge in [-0.15, -0.1) is 6.07 Å². The molecule has 0 bridgehead atoms. The number of rotatable bonds is 10. The van der Waals surface area contributed by atoms with Crippen LogP contribution < -0.4 is 18.9 Å². The molecular weight excluding hydrogens is 289 g/mol. The second kappa shape index (κ2) is 11.0. The second-order valence-corrected chi connectivity index (χ2v) is 6.09. The maximum absolute atomic E-state index is 5.21. The minimum absolute atomic E-state index is 0. The molecule has 0 amide bonds. The Kier molecular flexibility index (Phi) is 9.73. The van der Waals surface area contributed by atoms with Gasteiger partial charge in [0.25, 0.3) is 0 Å². The number of ether oxygens (including phenoxy) is 1. The standard InChI is InChI=1S/C16H24N3OS.Li/c1-3-4-5-6-7-12-16(21-13-20-2)19-15-11-9-8-10-14(15)17-18-19;/h8-11H,3-7,12-13H2,1-2H3;/q-1;+1. The van der Waals surface area contributed by atoms with Gasteiger partial charge in [-0.05, 0) is 0 Å². The Morgan fingerprint density at radius 1 is 1.18 bits per heavy atom. The summed E-state index contributed by atoms with van der Waals surface area (Å²) in [5, 5.41) is 9.78. The number of fused-ring (bicyclic) bond motifs is 1. The average Bonchev–Trinajstić information content (AvgIpc) is 2.94. The van der Waals surface area contributed by atoms with Gasteiger partial charge in [0.1, 0.15) is 0 Å². The van der Waals surface area contributed by atoms with Crippen LogP contribution in [0.2, 0.25) is 0 Å². The minimum atomic E-state index is 0. The van der Waals surface area contributed by atoms with Gasteiger partial charge >= 0.3 is 18.9 Å². The number of benzene rings is 1. The fourth-order valence-electron chi connectivity index (χ4n) is 2.30. The summed E-state index contributed by atoms with van der Waals surface area (Å²) in [4.78, 5) is 0. The van der Waals surface area contributed by atoms with Crippen LogP contribution in [-0.4, -0.2) is 28.0 Å². The normalized spacial score (nSPS) is 10.6. The molecule has 0 saturated heterocycles. The molecule has 0 saturated carbocycles. The van der Waals surface area contributed by atoms with Crippen molar-refractivity contribution in [1.29, 1.82) is 0 Å². The van der Waals surface area contributed by atoms with E-state index in [-0.39, 0.29) is 18.9 Å². The van der Waals surface area contributed by atoms with Crippen LogP contribution in [0, 0.1) is 5.37 Å². The van der Waals surface area contributed by atoms with Gasteiger partial charge in [-0.3, -0.25) is 0 Å². The van der Waals surface area contributed by atoms with Crippen LogP contribution in [0.15, 0.2) is 24.3 Å². The number of methoxy groups -OCH3 is 1. The smallest absolute Gasteiger partial charge is 0.375 e. The van der Waals surface area contributed by atoms with Crippen molar-refractivity contribution in [3.05, 3.63) is 29.6 Å². The van der Waals surface area contributed by atoms with Gasteiger partial charge in [0.2, 0.25) is 0 Å². The zero-order valence-electron chi connectivity index (χ0n) is 13.9. The van der Waals surface area contributed by atoms with Gasteiger partial charge in [0.05, 0.1) is 5.94 Å². The zero-order valence-corrected chi connectivity index (χ0v) is 14.7. The third-order valence-corrected chi connectivity index (χ3v) is 4.49. The molecule has 0 aliphatic rings. The monoisotopic (exact) mass is 313 g/mol. The van der Waals surface area contributed by atoms with Crippen LogP contribution in [0.5, 0.6) is 0 Å². The summed E-state index contributed by atoms with van der Waals surface area (Å²) in [6.07, 6.45) is 7.43. The van der Waals surface area contributed by atoms with E-state index in [0.717, 1.165) is 17.5 Å². The Balaban J connectivity index is 0.00000242. The summed E-state index contributed by atoms with van der Waals surface area (Å²) in [6, 6.07) is 8.09. The minimum Gasteiger partial charge on any atom is -0.375 e. The number of nitrogens with zero attached hydrogens (tertiary/aromatic N) is 3. The van der Waals surface area contributed by atoms with Crippen LogP contribution >= 0.6 is 11.8 Å². The van der Waals surface area contributed by atoms with E-state index in [9.17, 15) is 0 Å². The van der Waals surface area contributed by atoms with Crippen molar-refractivity contribution in [2.75, 3.05) is 13.0 Å². The Labute approximate surface area is 149 Å². The molecule has 0 N–H and O–H groups in total. The number of thioether (sulfide) groups is 1. The first-order chi connectivity index (χ1) is 10.4. The maximum Gasteiger partial charge on any atom is 1.00 e. The van der Waals surface area contributed by atoms with Gasteiger partial charge in [-0.2, -0.15) is 16.9 Å². The van der Waals surface area contributed by atoms with Crippen molar-refractivity contribution in [2.45, 2.75) is 45.4 Å². The summed E-state index contributed by atoms with van der Waals surface area (Å²) in [5.74, 6) is 0.651. The predicted molar refractivity (Wildman–Crippen MR) is 89.0 cm³/mol. The third kappa shape index (κ3) is 5.55. The molecule has 0 unspecified atom stereocenters. The topological polar surface area (TPSA) is 39.9 Å². The predicted octanol–water partition coefficient (Wildman–Crippen LogP) is 1.47. The molecule has 0 radical (unpaired) electrons. The van der Waals surface area contributed by atoms with Crippen LogP contribution in [0.3, 0.4) is 0 Å². The van der Waals surface area contributed by atoms with Gasteiger partial charge < -0.3 is 9.42 Å².